The first-order valence-electron chi connectivity index (χ1n) is 5.74. The Morgan fingerprint density at radius 3 is 2.46 bits per heavy atom. The van der Waals surface area contributed by atoms with Crippen molar-refractivity contribution in [1.29, 1.82) is 0 Å². The minimum Gasteiger partial charge on any atom is -0.302 e. The van der Waals surface area contributed by atoms with Crippen LogP contribution in [0.25, 0.3) is 0 Å². The Balaban J connectivity index is 0.000000396. The SMILES string of the molecule is CC.CCN1CC2CCN(C)C2C1. The van der Waals surface area contributed by atoms with Gasteiger partial charge in [-0.3, -0.25) is 0 Å². The summed E-state index contributed by atoms with van der Waals surface area (Å²) in [6.07, 6.45) is 1.43. The number of fused-ring (bicyclic) bond motifs is 1. The highest BCUT2D eigenvalue weighted by atomic mass is 15.3. The molecule has 2 unspecified atom stereocenters. The fourth-order valence-electron chi connectivity index (χ4n) is 2.52. The molecule has 2 aliphatic rings. The van der Waals surface area contributed by atoms with Gasteiger partial charge in [0.2, 0.25) is 0 Å². The van der Waals surface area contributed by atoms with E-state index in [0.717, 1.165) is 12.0 Å². The lowest BCUT2D eigenvalue weighted by Crippen LogP contribution is -2.31. The lowest BCUT2D eigenvalue weighted by atomic mass is 10.1. The lowest BCUT2D eigenvalue weighted by molar-refractivity contribution is 0.267. The molecule has 2 nitrogen and oxygen atoms in total. The van der Waals surface area contributed by atoms with E-state index >= 15 is 0 Å². The number of hydrogen-bond donors (Lipinski definition) is 0. The van der Waals surface area contributed by atoms with Crippen LogP contribution in [-0.4, -0.2) is 49.1 Å². The number of nitrogens with zero attached hydrogens (tertiary/aromatic N) is 2. The minimum atomic E-state index is 0.884. The average molecular weight is 184 g/mol. The molecule has 0 aromatic carbocycles. The van der Waals surface area contributed by atoms with E-state index in [-0.39, 0.29) is 0 Å². The van der Waals surface area contributed by atoms with E-state index in [1.807, 2.05) is 13.8 Å². The smallest absolute Gasteiger partial charge is 0.0261 e. The van der Waals surface area contributed by atoms with Crippen molar-refractivity contribution >= 4 is 0 Å². The van der Waals surface area contributed by atoms with Crippen LogP contribution in [0.4, 0.5) is 0 Å². The van der Waals surface area contributed by atoms with E-state index in [1.165, 1.54) is 32.6 Å². The predicted molar refractivity (Wildman–Crippen MR) is 58.0 cm³/mol. The maximum absolute atomic E-state index is 2.57. The van der Waals surface area contributed by atoms with Crippen molar-refractivity contribution in [3.63, 3.8) is 0 Å². The molecule has 0 radical (unpaired) electrons. The van der Waals surface area contributed by atoms with Crippen molar-refractivity contribution in [2.45, 2.75) is 33.2 Å². The molecule has 0 aromatic rings. The molecule has 0 aromatic heterocycles. The van der Waals surface area contributed by atoms with Crippen LogP contribution in [0.5, 0.6) is 0 Å². The van der Waals surface area contributed by atoms with E-state index < -0.39 is 0 Å². The number of likely N-dealkylation sites (tertiary alicyclic amines) is 2. The summed E-state index contributed by atoms with van der Waals surface area (Å²) in [4.78, 5) is 5.10. The van der Waals surface area contributed by atoms with Crippen LogP contribution < -0.4 is 0 Å². The molecule has 0 saturated carbocycles. The van der Waals surface area contributed by atoms with Crippen LogP contribution in [-0.2, 0) is 0 Å². The summed E-state index contributed by atoms with van der Waals surface area (Å²) in [6.45, 7) is 11.5. The topological polar surface area (TPSA) is 6.48 Å². The number of rotatable bonds is 1. The number of hydrogen-bond acceptors (Lipinski definition) is 2. The summed E-state index contributed by atoms with van der Waals surface area (Å²) < 4.78 is 0. The molecule has 0 aliphatic carbocycles. The van der Waals surface area contributed by atoms with Gasteiger partial charge in [0.05, 0.1) is 0 Å². The molecule has 2 saturated heterocycles. The normalized spacial score (nSPS) is 34.2. The molecule has 2 heterocycles. The third-order valence-corrected chi connectivity index (χ3v) is 3.35. The lowest BCUT2D eigenvalue weighted by Gasteiger charge is -2.19. The highest BCUT2D eigenvalue weighted by Gasteiger charge is 2.38. The summed E-state index contributed by atoms with van der Waals surface area (Å²) >= 11 is 0. The van der Waals surface area contributed by atoms with Gasteiger partial charge in [-0.1, -0.05) is 20.8 Å². The second-order valence-corrected chi connectivity index (χ2v) is 3.95. The second-order valence-electron chi connectivity index (χ2n) is 3.95. The third-order valence-electron chi connectivity index (χ3n) is 3.35. The van der Waals surface area contributed by atoms with E-state index in [0.29, 0.717) is 0 Å². The Hall–Kier alpha value is -0.0800. The molecule has 78 valence electrons. The third kappa shape index (κ3) is 2.23. The zero-order valence-electron chi connectivity index (χ0n) is 9.58. The minimum absolute atomic E-state index is 0.884. The molecular formula is C11H24N2. The molecule has 2 rings (SSSR count). The van der Waals surface area contributed by atoms with E-state index in [2.05, 4.69) is 23.8 Å². The first kappa shape index (κ1) is 11.0. The Morgan fingerprint density at radius 2 is 1.92 bits per heavy atom. The van der Waals surface area contributed by atoms with Crippen LogP contribution in [0.2, 0.25) is 0 Å². The Kier molecular flexibility index (Phi) is 4.20. The Bertz CT molecular complexity index is 147. The van der Waals surface area contributed by atoms with Gasteiger partial charge in [0.1, 0.15) is 0 Å². The van der Waals surface area contributed by atoms with Crippen molar-refractivity contribution in [2.75, 3.05) is 33.2 Å². The van der Waals surface area contributed by atoms with Crippen LogP contribution in [0.1, 0.15) is 27.2 Å². The standard InChI is InChI=1S/C9H18N2.C2H6/c1-3-11-6-8-4-5-10(2)9(8)7-11;1-2/h8-9H,3-7H2,1-2H3;1-2H3. The molecule has 2 aliphatic heterocycles. The summed E-state index contributed by atoms with van der Waals surface area (Å²) in [7, 11) is 2.27. The molecular weight excluding hydrogens is 160 g/mol. The van der Waals surface area contributed by atoms with Gasteiger partial charge in [-0.25, -0.2) is 0 Å². The van der Waals surface area contributed by atoms with Crippen molar-refractivity contribution in [3.05, 3.63) is 0 Å². The van der Waals surface area contributed by atoms with Crippen LogP contribution in [0.3, 0.4) is 0 Å². The van der Waals surface area contributed by atoms with E-state index in [1.54, 1.807) is 0 Å². The summed E-state index contributed by atoms with van der Waals surface area (Å²) in [6, 6.07) is 0.884. The van der Waals surface area contributed by atoms with Gasteiger partial charge in [-0.2, -0.15) is 0 Å². The van der Waals surface area contributed by atoms with E-state index in [9.17, 15) is 0 Å². The molecule has 2 fully saturated rings. The van der Waals surface area contributed by atoms with Gasteiger partial charge in [-0.05, 0) is 32.5 Å². The quantitative estimate of drug-likeness (QED) is 0.611. The van der Waals surface area contributed by atoms with Gasteiger partial charge in [0, 0.05) is 19.1 Å². The average Bonchev–Trinajstić information content (AvgIpc) is 2.72. The van der Waals surface area contributed by atoms with Gasteiger partial charge in [0.25, 0.3) is 0 Å². The Labute approximate surface area is 82.9 Å². The van der Waals surface area contributed by atoms with Crippen LogP contribution in [0.15, 0.2) is 0 Å². The summed E-state index contributed by atoms with van der Waals surface area (Å²) in [5, 5.41) is 0. The second kappa shape index (κ2) is 4.97. The molecule has 2 heteroatoms. The predicted octanol–water partition coefficient (Wildman–Crippen LogP) is 1.67. The molecule has 0 N–H and O–H groups in total. The van der Waals surface area contributed by atoms with Gasteiger partial charge in [0.15, 0.2) is 0 Å². The van der Waals surface area contributed by atoms with Gasteiger partial charge in [-0.15, -0.1) is 0 Å². The molecule has 0 amide bonds. The van der Waals surface area contributed by atoms with E-state index in [4.69, 9.17) is 0 Å². The zero-order valence-corrected chi connectivity index (χ0v) is 9.58. The summed E-state index contributed by atoms with van der Waals surface area (Å²) in [5.41, 5.74) is 0. The van der Waals surface area contributed by atoms with Gasteiger partial charge < -0.3 is 9.80 Å². The first-order chi connectivity index (χ1) is 6.31. The van der Waals surface area contributed by atoms with Crippen molar-refractivity contribution < 1.29 is 0 Å². The molecule has 0 spiro atoms. The fraction of sp³-hybridized carbons (Fsp3) is 1.00. The van der Waals surface area contributed by atoms with Crippen LogP contribution in [0, 0.1) is 5.92 Å². The highest BCUT2D eigenvalue weighted by molar-refractivity contribution is 4.94. The van der Waals surface area contributed by atoms with Gasteiger partial charge >= 0.3 is 0 Å². The number of likely N-dealkylation sites (N-methyl/N-ethyl adjacent to an activating group) is 2. The Morgan fingerprint density at radius 1 is 1.23 bits per heavy atom. The monoisotopic (exact) mass is 184 g/mol. The molecule has 0 bridgehead atoms. The van der Waals surface area contributed by atoms with Crippen molar-refractivity contribution in [3.8, 4) is 0 Å². The van der Waals surface area contributed by atoms with Crippen LogP contribution >= 0.6 is 0 Å². The highest BCUT2D eigenvalue weighted by Crippen LogP contribution is 2.29. The summed E-state index contributed by atoms with van der Waals surface area (Å²) in [5.74, 6) is 0.986. The largest absolute Gasteiger partial charge is 0.302 e. The molecule has 13 heavy (non-hydrogen) atoms. The molecule has 2 atom stereocenters. The van der Waals surface area contributed by atoms with Crippen molar-refractivity contribution in [1.82, 2.24) is 9.80 Å². The van der Waals surface area contributed by atoms with Crippen molar-refractivity contribution in [2.24, 2.45) is 5.92 Å². The first-order valence-corrected chi connectivity index (χ1v) is 5.74. The maximum Gasteiger partial charge on any atom is 0.0261 e. The fourth-order valence-corrected chi connectivity index (χ4v) is 2.52. The maximum atomic E-state index is 2.57. The zero-order chi connectivity index (χ0) is 9.84.